The molecule has 0 fully saturated rings. The van der Waals surface area contributed by atoms with Gasteiger partial charge in [-0.3, -0.25) is 9.59 Å². The van der Waals surface area contributed by atoms with Crippen LogP contribution < -0.4 is 0 Å². The maximum atomic E-state index is 12.5. The van der Waals surface area contributed by atoms with Crippen molar-refractivity contribution in [2.45, 2.75) is 135 Å². The van der Waals surface area contributed by atoms with Crippen LogP contribution in [0.2, 0.25) is 0 Å². The Labute approximate surface area is 244 Å². The van der Waals surface area contributed by atoms with Crippen molar-refractivity contribution in [2.75, 3.05) is 41.0 Å². The van der Waals surface area contributed by atoms with Crippen LogP contribution in [-0.2, 0) is 28.6 Å². The van der Waals surface area contributed by atoms with E-state index in [9.17, 15) is 19.5 Å². The monoisotopic (exact) mass is 570 g/mol. The van der Waals surface area contributed by atoms with E-state index in [2.05, 4.69) is 26.0 Å². The Hall–Kier alpha value is -1.93. The van der Waals surface area contributed by atoms with Crippen LogP contribution in [0.5, 0.6) is 0 Å². The third kappa shape index (κ3) is 22.8. The first-order valence-corrected chi connectivity index (χ1v) is 15.7. The van der Waals surface area contributed by atoms with Crippen molar-refractivity contribution in [3.63, 3.8) is 0 Å². The highest BCUT2D eigenvalue weighted by molar-refractivity contribution is 5.72. The van der Waals surface area contributed by atoms with E-state index in [0.717, 1.165) is 57.8 Å². The minimum absolute atomic E-state index is 0.0536. The first-order valence-electron chi connectivity index (χ1n) is 15.7. The predicted molar refractivity (Wildman–Crippen MR) is 160 cm³/mol. The summed E-state index contributed by atoms with van der Waals surface area (Å²) in [4.78, 5) is 36.2. The first kappa shape index (κ1) is 38.1. The maximum absolute atomic E-state index is 12.5. The smallest absolute Gasteiger partial charge is 0.362 e. The number of carboxylic acid groups (broad SMARTS) is 1. The molecule has 2 atom stereocenters. The summed E-state index contributed by atoms with van der Waals surface area (Å²) in [7, 11) is 5.49. The number of esters is 2. The Balaban J connectivity index is 4.44. The zero-order valence-corrected chi connectivity index (χ0v) is 26.3. The van der Waals surface area contributed by atoms with Crippen LogP contribution in [0.25, 0.3) is 0 Å². The van der Waals surface area contributed by atoms with Gasteiger partial charge in [-0.25, -0.2) is 4.79 Å². The number of nitrogens with zero attached hydrogens (tertiary/aromatic N) is 1. The van der Waals surface area contributed by atoms with E-state index < -0.39 is 18.1 Å². The van der Waals surface area contributed by atoms with Crippen LogP contribution in [0.4, 0.5) is 0 Å². The number of hydrogen-bond donors (Lipinski definition) is 1. The second-order valence-electron chi connectivity index (χ2n) is 11.7. The minimum Gasteiger partial charge on any atom is -0.477 e. The van der Waals surface area contributed by atoms with Crippen molar-refractivity contribution < 1.29 is 38.2 Å². The Bertz CT molecular complexity index is 687. The summed E-state index contributed by atoms with van der Waals surface area (Å²) in [6.45, 7) is 4.55. The molecule has 234 valence electrons. The highest BCUT2D eigenvalue weighted by Crippen LogP contribution is 2.12. The number of carbonyl (C=O) groups is 3. The number of allylic oxidation sites excluding steroid dienone is 2. The molecule has 2 unspecified atom stereocenters. The summed E-state index contributed by atoms with van der Waals surface area (Å²) < 4.78 is 16.9. The lowest BCUT2D eigenvalue weighted by molar-refractivity contribution is -0.887. The normalized spacial score (nSPS) is 13.3. The van der Waals surface area contributed by atoms with Gasteiger partial charge in [0.15, 0.2) is 12.1 Å². The Morgan fingerprint density at radius 2 is 1.25 bits per heavy atom. The Morgan fingerprint density at radius 1 is 0.725 bits per heavy atom. The van der Waals surface area contributed by atoms with Crippen molar-refractivity contribution in [3.8, 4) is 0 Å². The molecule has 0 saturated carbocycles. The number of likely N-dealkylation sites (N-methyl/N-ethyl adjacent to an activating group) is 1. The molecule has 0 bridgehead atoms. The molecule has 0 aliphatic heterocycles. The average molecular weight is 571 g/mol. The number of quaternary nitrogens is 1. The Kier molecular flexibility index (Phi) is 23.6. The van der Waals surface area contributed by atoms with Gasteiger partial charge in [-0.15, -0.1) is 0 Å². The fourth-order valence-corrected chi connectivity index (χ4v) is 4.38. The molecule has 1 N–H and O–H groups in total. The van der Waals surface area contributed by atoms with Gasteiger partial charge >= 0.3 is 17.9 Å². The van der Waals surface area contributed by atoms with Gasteiger partial charge in [0.1, 0.15) is 6.61 Å². The van der Waals surface area contributed by atoms with E-state index in [1.165, 1.54) is 32.1 Å². The van der Waals surface area contributed by atoms with Crippen molar-refractivity contribution in [3.05, 3.63) is 12.2 Å². The zero-order valence-electron chi connectivity index (χ0n) is 26.3. The van der Waals surface area contributed by atoms with E-state index in [4.69, 9.17) is 14.2 Å². The number of hydrogen-bond acceptors (Lipinski definition) is 6. The summed E-state index contributed by atoms with van der Waals surface area (Å²) in [5.41, 5.74) is 0. The van der Waals surface area contributed by atoms with Gasteiger partial charge in [0.2, 0.25) is 0 Å². The van der Waals surface area contributed by atoms with Crippen molar-refractivity contribution in [1.29, 1.82) is 0 Å². The van der Waals surface area contributed by atoms with Gasteiger partial charge < -0.3 is 23.8 Å². The largest absolute Gasteiger partial charge is 0.477 e. The fourth-order valence-electron chi connectivity index (χ4n) is 4.38. The molecule has 0 saturated heterocycles. The standard InChI is InChI=1S/C32H59NO7/c1-6-8-10-12-13-14-15-16-17-18-19-21-23-31(35)40-28(27-39-30(34)22-20-11-9-7-2)26-38-25-24-29(32(36)37)33(3,4)5/h13-14,28-29H,6-12,15-27H2,1-5H3/p+1/b14-13-. The average Bonchev–Trinajstić information content (AvgIpc) is 2.89. The van der Waals surface area contributed by atoms with Gasteiger partial charge in [0.05, 0.1) is 34.4 Å². The van der Waals surface area contributed by atoms with Gasteiger partial charge in [-0.1, -0.05) is 77.4 Å². The first-order chi connectivity index (χ1) is 19.1. The summed E-state index contributed by atoms with van der Waals surface area (Å²) in [6, 6.07) is -0.608. The molecule has 0 spiro atoms. The van der Waals surface area contributed by atoms with Crippen LogP contribution in [-0.4, -0.2) is 80.6 Å². The van der Waals surface area contributed by atoms with E-state index in [-0.39, 0.29) is 36.2 Å². The molecule has 8 nitrogen and oxygen atoms in total. The predicted octanol–water partition coefficient (Wildman–Crippen LogP) is 6.85. The van der Waals surface area contributed by atoms with E-state index >= 15 is 0 Å². The lowest BCUT2D eigenvalue weighted by Gasteiger charge is -2.31. The van der Waals surface area contributed by atoms with E-state index in [0.29, 0.717) is 19.3 Å². The quantitative estimate of drug-likeness (QED) is 0.0499. The van der Waals surface area contributed by atoms with E-state index in [1.54, 1.807) is 0 Å². The van der Waals surface area contributed by atoms with Crippen LogP contribution in [0.15, 0.2) is 12.2 Å². The molecule has 0 rings (SSSR count). The molecule has 0 aliphatic rings. The number of carbonyl (C=O) groups excluding carboxylic acids is 2. The molecular formula is C32H60NO7+. The second kappa shape index (κ2) is 24.8. The Morgan fingerprint density at radius 3 is 1.85 bits per heavy atom. The fraction of sp³-hybridized carbons (Fsp3) is 0.844. The van der Waals surface area contributed by atoms with Crippen LogP contribution in [0.3, 0.4) is 0 Å². The SMILES string of the molecule is CCCCC/C=C\CCCCCCCC(=O)OC(COCCC(C(=O)O)[N+](C)(C)C)COC(=O)CCCCCC. The molecular weight excluding hydrogens is 510 g/mol. The highest BCUT2D eigenvalue weighted by atomic mass is 16.6. The molecule has 0 aromatic carbocycles. The lowest BCUT2D eigenvalue weighted by atomic mass is 10.1. The van der Waals surface area contributed by atoms with Gasteiger partial charge in [-0.05, 0) is 38.5 Å². The van der Waals surface area contributed by atoms with Crippen LogP contribution in [0, 0.1) is 0 Å². The summed E-state index contributed by atoms with van der Waals surface area (Å²) >= 11 is 0. The number of rotatable bonds is 27. The van der Waals surface area contributed by atoms with Crippen molar-refractivity contribution >= 4 is 17.9 Å². The number of carboxylic acids is 1. The highest BCUT2D eigenvalue weighted by Gasteiger charge is 2.31. The molecule has 0 aliphatic carbocycles. The summed E-state index contributed by atoms with van der Waals surface area (Å²) in [5, 5.41) is 9.50. The molecule has 8 heteroatoms. The molecule has 0 heterocycles. The topological polar surface area (TPSA) is 99.1 Å². The molecule has 0 aromatic heterocycles. The molecule has 0 radical (unpaired) electrons. The van der Waals surface area contributed by atoms with Gasteiger partial charge in [-0.2, -0.15) is 0 Å². The molecule has 0 aromatic rings. The van der Waals surface area contributed by atoms with Crippen LogP contribution in [0.1, 0.15) is 123 Å². The number of unbranched alkanes of at least 4 members (excludes halogenated alkanes) is 11. The number of ether oxygens (including phenoxy) is 3. The van der Waals surface area contributed by atoms with Crippen molar-refractivity contribution in [1.82, 2.24) is 0 Å². The zero-order chi connectivity index (χ0) is 30.1. The third-order valence-corrected chi connectivity index (χ3v) is 6.91. The van der Waals surface area contributed by atoms with Crippen molar-refractivity contribution in [2.24, 2.45) is 0 Å². The van der Waals surface area contributed by atoms with Crippen LogP contribution >= 0.6 is 0 Å². The second-order valence-corrected chi connectivity index (χ2v) is 11.7. The summed E-state index contributed by atoms with van der Waals surface area (Å²) in [6.07, 6.45) is 20.1. The van der Waals surface area contributed by atoms with Gasteiger partial charge in [0.25, 0.3) is 0 Å². The van der Waals surface area contributed by atoms with Gasteiger partial charge in [0, 0.05) is 19.3 Å². The molecule has 40 heavy (non-hydrogen) atoms. The summed E-state index contributed by atoms with van der Waals surface area (Å²) in [5.74, 6) is -1.50. The minimum atomic E-state index is -0.880. The third-order valence-electron chi connectivity index (χ3n) is 6.91. The lowest BCUT2D eigenvalue weighted by Crippen LogP contribution is -2.50. The van der Waals surface area contributed by atoms with E-state index in [1.807, 2.05) is 21.1 Å². The molecule has 0 amide bonds. The maximum Gasteiger partial charge on any atom is 0.362 e. The number of aliphatic carboxylic acids is 1.